The Morgan fingerprint density at radius 3 is 2.73 bits per heavy atom. The van der Waals surface area contributed by atoms with Crippen molar-refractivity contribution in [1.29, 1.82) is 0 Å². The van der Waals surface area contributed by atoms with Crippen LogP contribution in [0.15, 0.2) is 5.18 Å². The highest BCUT2D eigenvalue weighted by Crippen LogP contribution is 2.33. The molecular formula is C8H15NO2. The van der Waals surface area contributed by atoms with Crippen LogP contribution < -0.4 is 0 Å². The highest BCUT2D eigenvalue weighted by Gasteiger charge is 2.38. The predicted molar refractivity (Wildman–Crippen MR) is 43.4 cm³/mol. The summed E-state index contributed by atoms with van der Waals surface area (Å²) in [5.74, 6) is 0.391. The van der Waals surface area contributed by atoms with Gasteiger partial charge in [0.2, 0.25) is 0 Å². The van der Waals surface area contributed by atoms with Crippen LogP contribution in [0.4, 0.5) is 0 Å². The van der Waals surface area contributed by atoms with Crippen molar-refractivity contribution in [2.24, 2.45) is 11.1 Å². The molecule has 1 rings (SSSR count). The van der Waals surface area contributed by atoms with Gasteiger partial charge in [-0.1, -0.05) is 19.0 Å². The molecule has 0 saturated carbocycles. The van der Waals surface area contributed by atoms with Crippen LogP contribution in [0.25, 0.3) is 0 Å². The van der Waals surface area contributed by atoms with Gasteiger partial charge >= 0.3 is 0 Å². The third-order valence-corrected chi connectivity index (χ3v) is 2.52. The summed E-state index contributed by atoms with van der Waals surface area (Å²) in [4.78, 5) is 10.1. The lowest BCUT2D eigenvalue weighted by Gasteiger charge is -2.29. The molecular weight excluding hydrogens is 142 g/mol. The van der Waals surface area contributed by atoms with Crippen molar-refractivity contribution >= 4 is 0 Å². The van der Waals surface area contributed by atoms with Crippen molar-refractivity contribution in [3.05, 3.63) is 4.91 Å². The van der Waals surface area contributed by atoms with E-state index in [0.717, 1.165) is 19.4 Å². The van der Waals surface area contributed by atoms with Crippen molar-refractivity contribution in [3.8, 4) is 0 Å². The molecule has 1 heterocycles. The maximum atomic E-state index is 10.1. The molecule has 1 atom stereocenters. The summed E-state index contributed by atoms with van der Waals surface area (Å²) >= 11 is 0. The highest BCUT2D eigenvalue weighted by molar-refractivity contribution is 4.89. The summed E-state index contributed by atoms with van der Waals surface area (Å²) in [5.41, 5.74) is -0.234. The SMILES string of the molecule is CC(C)C1(CN=O)CCCO1. The Morgan fingerprint density at radius 2 is 2.36 bits per heavy atom. The van der Waals surface area contributed by atoms with Crippen LogP contribution in [-0.4, -0.2) is 18.8 Å². The Bertz CT molecular complexity index is 139. The van der Waals surface area contributed by atoms with Crippen LogP contribution in [0, 0.1) is 10.8 Å². The summed E-state index contributed by atoms with van der Waals surface area (Å²) in [6.45, 7) is 5.26. The second-order valence-electron chi connectivity index (χ2n) is 3.46. The van der Waals surface area contributed by atoms with E-state index in [2.05, 4.69) is 19.0 Å². The largest absolute Gasteiger partial charge is 0.373 e. The van der Waals surface area contributed by atoms with Gasteiger partial charge in [0.1, 0.15) is 6.54 Å². The second kappa shape index (κ2) is 3.30. The third-order valence-electron chi connectivity index (χ3n) is 2.52. The minimum absolute atomic E-state index is 0.234. The first-order valence-corrected chi connectivity index (χ1v) is 4.14. The van der Waals surface area contributed by atoms with E-state index in [1.807, 2.05) is 0 Å². The van der Waals surface area contributed by atoms with Gasteiger partial charge in [-0.2, -0.15) is 4.91 Å². The maximum Gasteiger partial charge on any atom is 0.110 e. The lowest BCUT2D eigenvalue weighted by molar-refractivity contribution is -0.0249. The predicted octanol–water partition coefficient (Wildman–Crippen LogP) is 1.96. The number of ether oxygens (including phenoxy) is 1. The number of hydrogen-bond acceptors (Lipinski definition) is 3. The molecule has 0 N–H and O–H groups in total. The molecule has 0 spiro atoms. The van der Waals surface area contributed by atoms with E-state index in [4.69, 9.17) is 4.74 Å². The fourth-order valence-electron chi connectivity index (χ4n) is 1.59. The van der Waals surface area contributed by atoms with Gasteiger partial charge in [0.15, 0.2) is 0 Å². The topological polar surface area (TPSA) is 38.7 Å². The Kier molecular flexibility index (Phi) is 2.60. The molecule has 1 saturated heterocycles. The molecule has 0 aromatic heterocycles. The van der Waals surface area contributed by atoms with Gasteiger partial charge in [0.05, 0.1) is 5.60 Å². The van der Waals surface area contributed by atoms with E-state index >= 15 is 0 Å². The third kappa shape index (κ3) is 1.59. The number of hydrogen-bond donors (Lipinski definition) is 0. The molecule has 1 unspecified atom stereocenters. The van der Waals surface area contributed by atoms with Crippen LogP contribution in [0.3, 0.4) is 0 Å². The summed E-state index contributed by atoms with van der Waals surface area (Å²) in [6.07, 6.45) is 2.05. The summed E-state index contributed by atoms with van der Waals surface area (Å²) in [5, 5.41) is 2.94. The fourth-order valence-corrected chi connectivity index (χ4v) is 1.59. The van der Waals surface area contributed by atoms with E-state index in [0.29, 0.717) is 12.5 Å². The monoisotopic (exact) mass is 157 g/mol. The van der Waals surface area contributed by atoms with Crippen molar-refractivity contribution < 1.29 is 4.74 Å². The van der Waals surface area contributed by atoms with Crippen LogP contribution in [0.5, 0.6) is 0 Å². The molecule has 0 aromatic rings. The van der Waals surface area contributed by atoms with Gasteiger partial charge in [0, 0.05) is 6.61 Å². The van der Waals surface area contributed by atoms with Gasteiger partial charge in [-0.05, 0) is 18.8 Å². The van der Waals surface area contributed by atoms with E-state index in [1.54, 1.807) is 0 Å². The number of nitroso groups, excluding NO2 is 1. The Balaban J connectivity index is 2.61. The van der Waals surface area contributed by atoms with Crippen LogP contribution in [0.2, 0.25) is 0 Å². The van der Waals surface area contributed by atoms with E-state index in [1.165, 1.54) is 0 Å². The van der Waals surface area contributed by atoms with Crippen LogP contribution in [-0.2, 0) is 4.74 Å². The summed E-state index contributed by atoms with van der Waals surface area (Å²) < 4.78 is 5.55. The molecule has 1 aliphatic rings. The highest BCUT2D eigenvalue weighted by atomic mass is 16.5. The van der Waals surface area contributed by atoms with Gasteiger partial charge in [-0.3, -0.25) is 0 Å². The van der Waals surface area contributed by atoms with Crippen molar-refractivity contribution in [1.82, 2.24) is 0 Å². The van der Waals surface area contributed by atoms with E-state index in [-0.39, 0.29) is 5.60 Å². The maximum absolute atomic E-state index is 10.1. The lowest BCUT2D eigenvalue weighted by atomic mass is 9.88. The fraction of sp³-hybridized carbons (Fsp3) is 1.00. The van der Waals surface area contributed by atoms with Crippen molar-refractivity contribution in [3.63, 3.8) is 0 Å². The second-order valence-corrected chi connectivity index (χ2v) is 3.46. The first-order valence-electron chi connectivity index (χ1n) is 4.14. The van der Waals surface area contributed by atoms with Crippen molar-refractivity contribution in [2.45, 2.75) is 32.3 Å². The Labute approximate surface area is 67.1 Å². The molecule has 0 amide bonds. The van der Waals surface area contributed by atoms with E-state index in [9.17, 15) is 4.91 Å². The smallest absolute Gasteiger partial charge is 0.110 e. The normalized spacial score (nSPS) is 31.2. The zero-order valence-corrected chi connectivity index (χ0v) is 7.17. The van der Waals surface area contributed by atoms with E-state index < -0.39 is 0 Å². The average Bonchev–Trinajstić information content (AvgIpc) is 2.38. The van der Waals surface area contributed by atoms with Gasteiger partial charge in [-0.25, -0.2) is 0 Å². The molecule has 0 aliphatic carbocycles. The van der Waals surface area contributed by atoms with Gasteiger partial charge in [0.25, 0.3) is 0 Å². The molecule has 0 aromatic carbocycles. The molecule has 1 aliphatic heterocycles. The summed E-state index contributed by atoms with van der Waals surface area (Å²) in [6, 6.07) is 0. The minimum atomic E-state index is -0.234. The van der Waals surface area contributed by atoms with Crippen LogP contribution >= 0.6 is 0 Å². The molecule has 64 valence electrons. The number of nitrogens with zero attached hydrogens (tertiary/aromatic N) is 1. The molecule has 11 heavy (non-hydrogen) atoms. The molecule has 3 heteroatoms. The Hall–Kier alpha value is -0.440. The zero-order chi connectivity index (χ0) is 8.32. The molecule has 3 nitrogen and oxygen atoms in total. The minimum Gasteiger partial charge on any atom is -0.373 e. The zero-order valence-electron chi connectivity index (χ0n) is 7.17. The van der Waals surface area contributed by atoms with Crippen LogP contribution in [0.1, 0.15) is 26.7 Å². The Morgan fingerprint density at radius 1 is 1.64 bits per heavy atom. The standard InChI is InChI=1S/C8H15NO2/c1-7(2)8(6-9-10)4-3-5-11-8/h7H,3-6H2,1-2H3. The summed E-state index contributed by atoms with van der Waals surface area (Å²) in [7, 11) is 0. The van der Waals surface area contributed by atoms with Gasteiger partial charge in [-0.15, -0.1) is 0 Å². The number of rotatable bonds is 3. The molecule has 1 fully saturated rings. The molecule has 0 radical (unpaired) electrons. The average molecular weight is 157 g/mol. The van der Waals surface area contributed by atoms with Crippen molar-refractivity contribution in [2.75, 3.05) is 13.2 Å². The van der Waals surface area contributed by atoms with Gasteiger partial charge < -0.3 is 4.74 Å². The lowest BCUT2D eigenvalue weighted by Crippen LogP contribution is -2.37. The quantitative estimate of drug-likeness (QED) is 0.587. The first-order chi connectivity index (χ1) is 5.21. The molecule has 0 bridgehead atoms. The first kappa shape index (κ1) is 8.65.